The molecule has 6 nitrogen and oxygen atoms in total. The Morgan fingerprint density at radius 2 is 2.00 bits per heavy atom. The summed E-state index contributed by atoms with van der Waals surface area (Å²) in [4.78, 5) is 11.0. The number of fused-ring (bicyclic) bond motifs is 1. The van der Waals surface area contributed by atoms with Crippen LogP contribution < -0.4 is 11.1 Å². The van der Waals surface area contributed by atoms with Crippen molar-refractivity contribution in [1.82, 2.24) is 14.8 Å². The summed E-state index contributed by atoms with van der Waals surface area (Å²) >= 11 is 0. The van der Waals surface area contributed by atoms with Crippen LogP contribution in [0.4, 0.5) is 11.5 Å². The van der Waals surface area contributed by atoms with E-state index in [-0.39, 0.29) is 5.91 Å². The Hall–Kier alpha value is -2.89. The molecule has 0 unspecified atom stereocenters. The Morgan fingerprint density at radius 1 is 1.25 bits per heavy atom. The lowest BCUT2D eigenvalue weighted by Crippen LogP contribution is -2.05. The van der Waals surface area contributed by atoms with Gasteiger partial charge in [0.1, 0.15) is 5.52 Å². The van der Waals surface area contributed by atoms with E-state index in [0.29, 0.717) is 5.82 Å². The molecule has 6 heteroatoms. The van der Waals surface area contributed by atoms with Crippen LogP contribution in [0.2, 0.25) is 0 Å². The number of hydrogen-bond donors (Lipinski definition) is 2. The third-order valence-electron chi connectivity index (χ3n) is 2.98. The van der Waals surface area contributed by atoms with Crippen LogP contribution in [0, 0.1) is 0 Å². The maximum Gasteiger partial charge on any atom is 0.221 e. The largest absolute Gasteiger partial charge is 0.380 e. The second-order valence-corrected chi connectivity index (χ2v) is 4.45. The zero-order valence-corrected chi connectivity index (χ0v) is 10.9. The van der Waals surface area contributed by atoms with Gasteiger partial charge in [-0.1, -0.05) is 23.4 Å². The minimum atomic E-state index is -0.0934. The van der Waals surface area contributed by atoms with Gasteiger partial charge >= 0.3 is 0 Å². The molecule has 0 radical (unpaired) electrons. The molecular weight excluding hydrogens is 254 g/mol. The number of nitrogens with two attached hydrogens (primary N) is 1. The number of carbonyl (C=O) groups excluding carboxylic acids is 1. The topological polar surface area (TPSA) is 85.3 Å². The molecule has 1 amide bonds. The summed E-state index contributed by atoms with van der Waals surface area (Å²) in [5.74, 6) is 0.302. The number of anilines is 2. The van der Waals surface area contributed by atoms with E-state index >= 15 is 0 Å². The van der Waals surface area contributed by atoms with Gasteiger partial charge in [-0.05, 0) is 23.8 Å². The summed E-state index contributed by atoms with van der Waals surface area (Å²) in [5.41, 5.74) is 9.33. The number of carbonyl (C=O) groups is 1. The van der Waals surface area contributed by atoms with E-state index in [0.717, 1.165) is 22.3 Å². The van der Waals surface area contributed by atoms with Crippen LogP contribution in [0.15, 0.2) is 42.6 Å². The lowest BCUT2D eigenvalue weighted by molar-refractivity contribution is -0.114. The van der Waals surface area contributed by atoms with E-state index < -0.39 is 0 Å². The molecule has 3 rings (SSSR count). The van der Waals surface area contributed by atoms with Crippen LogP contribution >= 0.6 is 0 Å². The van der Waals surface area contributed by atoms with Crippen LogP contribution in [-0.4, -0.2) is 20.7 Å². The molecule has 0 bridgehead atoms. The van der Waals surface area contributed by atoms with Crippen molar-refractivity contribution in [3.8, 4) is 11.1 Å². The minimum Gasteiger partial charge on any atom is -0.380 e. The van der Waals surface area contributed by atoms with E-state index in [9.17, 15) is 4.79 Å². The first kappa shape index (κ1) is 12.2. The maximum atomic E-state index is 11.0. The van der Waals surface area contributed by atoms with Crippen LogP contribution in [0.25, 0.3) is 16.6 Å². The summed E-state index contributed by atoms with van der Waals surface area (Å²) in [5, 5.41) is 10.6. The number of pyridine rings is 1. The first-order chi connectivity index (χ1) is 9.65. The Labute approximate surface area is 115 Å². The van der Waals surface area contributed by atoms with Crippen molar-refractivity contribution in [2.45, 2.75) is 6.92 Å². The van der Waals surface area contributed by atoms with Crippen LogP contribution in [-0.2, 0) is 4.79 Å². The number of aromatic nitrogens is 3. The zero-order valence-electron chi connectivity index (χ0n) is 10.9. The predicted octanol–water partition coefficient (Wildman–Crippen LogP) is 1.94. The molecule has 2 heterocycles. The molecule has 1 aromatic carbocycles. The Kier molecular flexibility index (Phi) is 2.83. The van der Waals surface area contributed by atoms with Gasteiger partial charge in [0.05, 0.1) is 0 Å². The number of nitrogens with one attached hydrogen (secondary N) is 1. The van der Waals surface area contributed by atoms with Gasteiger partial charge in [0.25, 0.3) is 0 Å². The summed E-state index contributed by atoms with van der Waals surface area (Å²) in [6, 6.07) is 11.4. The number of nitrogens with zero attached hydrogens (tertiary/aromatic N) is 3. The summed E-state index contributed by atoms with van der Waals surface area (Å²) in [6.45, 7) is 1.48. The van der Waals surface area contributed by atoms with Gasteiger partial charge in [0, 0.05) is 24.4 Å². The van der Waals surface area contributed by atoms with Crippen LogP contribution in [0.1, 0.15) is 6.92 Å². The van der Waals surface area contributed by atoms with Gasteiger partial charge in [0.2, 0.25) is 5.91 Å². The molecule has 0 fully saturated rings. The second-order valence-electron chi connectivity index (χ2n) is 4.45. The number of benzene rings is 1. The average molecular weight is 267 g/mol. The molecule has 0 saturated heterocycles. The molecule has 3 aromatic rings. The predicted molar refractivity (Wildman–Crippen MR) is 77.1 cm³/mol. The maximum absolute atomic E-state index is 11.0. The summed E-state index contributed by atoms with van der Waals surface area (Å²) in [6.07, 6.45) is 1.80. The van der Waals surface area contributed by atoms with Gasteiger partial charge in [-0.15, -0.1) is 5.10 Å². The molecule has 3 N–H and O–H groups in total. The fourth-order valence-corrected chi connectivity index (χ4v) is 2.14. The van der Waals surface area contributed by atoms with E-state index in [1.54, 1.807) is 10.7 Å². The number of amides is 1. The lowest BCUT2D eigenvalue weighted by Gasteiger charge is -2.06. The van der Waals surface area contributed by atoms with Gasteiger partial charge in [0.15, 0.2) is 5.82 Å². The average Bonchev–Trinajstić information content (AvgIpc) is 2.81. The first-order valence-electron chi connectivity index (χ1n) is 6.12. The van der Waals surface area contributed by atoms with Crippen molar-refractivity contribution in [1.29, 1.82) is 0 Å². The van der Waals surface area contributed by atoms with Crippen molar-refractivity contribution >= 4 is 22.9 Å². The van der Waals surface area contributed by atoms with Crippen molar-refractivity contribution in [3.63, 3.8) is 0 Å². The SMILES string of the molecule is CC(=O)Nc1ccc(-c2cccn3nnc(N)c23)cc1. The Morgan fingerprint density at radius 3 is 2.70 bits per heavy atom. The molecule has 0 atom stereocenters. The van der Waals surface area contributed by atoms with Crippen molar-refractivity contribution in [3.05, 3.63) is 42.6 Å². The van der Waals surface area contributed by atoms with E-state index in [1.807, 2.05) is 36.4 Å². The highest BCUT2D eigenvalue weighted by Crippen LogP contribution is 2.28. The van der Waals surface area contributed by atoms with Gasteiger partial charge < -0.3 is 11.1 Å². The number of rotatable bonds is 2. The minimum absolute atomic E-state index is 0.0934. The first-order valence-corrected chi connectivity index (χ1v) is 6.12. The van der Waals surface area contributed by atoms with E-state index in [1.165, 1.54) is 6.92 Å². The van der Waals surface area contributed by atoms with Crippen molar-refractivity contribution in [2.75, 3.05) is 11.1 Å². The second kappa shape index (κ2) is 4.65. The molecule has 20 heavy (non-hydrogen) atoms. The molecule has 2 aromatic heterocycles. The quantitative estimate of drug-likeness (QED) is 0.743. The molecular formula is C14H13N5O. The number of hydrogen-bond acceptors (Lipinski definition) is 4. The molecule has 100 valence electrons. The molecule has 0 saturated carbocycles. The number of nitrogen functional groups attached to an aromatic ring is 1. The monoisotopic (exact) mass is 267 g/mol. The Balaban J connectivity index is 2.07. The van der Waals surface area contributed by atoms with Gasteiger partial charge in [-0.25, -0.2) is 4.52 Å². The highest BCUT2D eigenvalue weighted by atomic mass is 16.1. The van der Waals surface area contributed by atoms with Crippen LogP contribution in [0.5, 0.6) is 0 Å². The fourth-order valence-electron chi connectivity index (χ4n) is 2.14. The highest BCUT2D eigenvalue weighted by Gasteiger charge is 2.09. The molecule has 0 spiro atoms. The smallest absolute Gasteiger partial charge is 0.221 e. The third kappa shape index (κ3) is 2.07. The van der Waals surface area contributed by atoms with E-state index in [2.05, 4.69) is 15.6 Å². The van der Waals surface area contributed by atoms with Crippen molar-refractivity contribution < 1.29 is 4.79 Å². The standard InChI is InChI=1S/C14H13N5O/c1-9(20)16-11-6-4-10(5-7-11)12-3-2-8-19-13(12)14(15)17-18-19/h2-8H,15H2,1H3,(H,16,20). The highest BCUT2D eigenvalue weighted by molar-refractivity contribution is 5.90. The van der Waals surface area contributed by atoms with Crippen molar-refractivity contribution in [2.24, 2.45) is 0 Å². The molecule has 0 aliphatic rings. The third-order valence-corrected chi connectivity index (χ3v) is 2.98. The fraction of sp³-hybridized carbons (Fsp3) is 0.0714. The summed E-state index contributed by atoms with van der Waals surface area (Å²) < 4.78 is 1.65. The summed E-state index contributed by atoms with van der Waals surface area (Å²) in [7, 11) is 0. The Bertz CT molecular complexity index is 776. The molecule has 0 aliphatic carbocycles. The lowest BCUT2D eigenvalue weighted by atomic mass is 10.1. The van der Waals surface area contributed by atoms with Gasteiger partial charge in [-0.2, -0.15) is 0 Å². The van der Waals surface area contributed by atoms with Gasteiger partial charge in [-0.3, -0.25) is 4.79 Å². The van der Waals surface area contributed by atoms with E-state index in [4.69, 9.17) is 5.73 Å². The zero-order chi connectivity index (χ0) is 14.1. The van der Waals surface area contributed by atoms with Crippen LogP contribution in [0.3, 0.4) is 0 Å². The molecule has 0 aliphatic heterocycles. The normalized spacial score (nSPS) is 10.7.